The van der Waals surface area contributed by atoms with Gasteiger partial charge < -0.3 is 4.18 Å². The summed E-state index contributed by atoms with van der Waals surface area (Å²) in [5, 5.41) is 0.490. The summed E-state index contributed by atoms with van der Waals surface area (Å²) in [6.07, 6.45) is 0. The largest absolute Gasteiger partial charge is 0.358 e. The Labute approximate surface area is 132 Å². The summed E-state index contributed by atoms with van der Waals surface area (Å²) in [5.41, 5.74) is 0.881. The Kier molecular flexibility index (Phi) is 3.73. The van der Waals surface area contributed by atoms with E-state index < -0.39 is 10.1 Å². The SMILES string of the molecule is Cc1ccc(S(=O)(=O)Oc2nc3n(c(=O)c2C)CCS3)cc1. The van der Waals surface area contributed by atoms with E-state index in [9.17, 15) is 13.2 Å². The topological polar surface area (TPSA) is 78.3 Å². The predicted octanol–water partition coefficient (Wildman–Crippen LogP) is 1.73. The van der Waals surface area contributed by atoms with Crippen LogP contribution in [0.5, 0.6) is 5.88 Å². The van der Waals surface area contributed by atoms with Gasteiger partial charge >= 0.3 is 10.1 Å². The maximum atomic E-state index is 12.3. The third kappa shape index (κ3) is 2.64. The zero-order valence-electron chi connectivity index (χ0n) is 12.1. The van der Waals surface area contributed by atoms with Crippen LogP contribution in [-0.4, -0.2) is 23.7 Å². The van der Waals surface area contributed by atoms with Crippen molar-refractivity contribution in [1.29, 1.82) is 0 Å². The summed E-state index contributed by atoms with van der Waals surface area (Å²) in [6.45, 7) is 3.96. The zero-order chi connectivity index (χ0) is 15.9. The minimum atomic E-state index is -4.01. The first kappa shape index (κ1) is 15.1. The molecular formula is C14H14N2O4S2. The fourth-order valence-electron chi connectivity index (χ4n) is 2.09. The quantitative estimate of drug-likeness (QED) is 0.626. The molecule has 2 aromatic rings. The highest BCUT2D eigenvalue weighted by molar-refractivity contribution is 7.99. The third-order valence-corrected chi connectivity index (χ3v) is 5.54. The van der Waals surface area contributed by atoms with Crippen molar-refractivity contribution in [2.45, 2.75) is 30.4 Å². The number of hydrogen-bond acceptors (Lipinski definition) is 6. The van der Waals surface area contributed by atoms with Gasteiger partial charge in [0.25, 0.3) is 5.56 Å². The molecule has 0 fully saturated rings. The highest BCUT2D eigenvalue weighted by Crippen LogP contribution is 2.26. The van der Waals surface area contributed by atoms with E-state index in [0.717, 1.165) is 11.3 Å². The molecule has 0 unspecified atom stereocenters. The highest BCUT2D eigenvalue weighted by atomic mass is 32.2. The van der Waals surface area contributed by atoms with Crippen molar-refractivity contribution < 1.29 is 12.6 Å². The Hall–Kier alpha value is -1.80. The Morgan fingerprint density at radius 3 is 2.59 bits per heavy atom. The molecule has 1 aliphatic rings. The lowest BCUT2D eigenvalue weighted by atomic mass is 10.2. The fourth-order valence-corrected chi connectivity index (χ4v) is 3.96. The van der Waals surface area contributed by atoms with Gasteiger partial charge in [-0.3, -0.25) is 9.36 Å². The van der Waals surface area contributed by atoms with Crippen molar-refractivity contribution in [3.8, 4) is 5.88 Å². The lowest BCUT2D eigenvalue weighted by Gasteiger charge is -2.10. The van der Waals surface area contributed by atoms with Crippen LogP contribution in [0, 0.1) is 13.8 Å². The molecule has 1 aromatic heterocycles. The lowest BCUT2D eigenvalue weighted by molar-refractivity contribution is 0.462. The van der Waals surface area contributed by atoms with E-state index in [1.54, 1.807) is 12.1 Å². The second kappa shape index (κ2) is 5.44. The van der Waals surface area contributed by atoms with Crippen LogP contribution in [0.15, 0.2) is 39.1 Å². The van der Waals surface area contributed by atoms with Gasteiger partial charge in [-0.2, -0.15) is 13.4 Å². The standard InChI is InChI=1S/C14H14N2O4S2/c1-9-3-5-11(6-4-9)22(18,19)20-12-10(2)13(17)16-7-8-21-14(16)15-12/h3-6H,7-8H2,1-2H3. The molecule has 0 radical (unpaired) electrons. The van der Waals surface area contributed by atoms with E-state index in [0.29, 0.717) is 11.7 Å². The molecule has 3 rings (SSSR count). The van der Waals surface area contributed by atoms with Crippen molar-refractivity contribution in [2.24, 2.45) is 0 Å². The molecular weight excluding hydrogens is 324 g/mol. The molecule has 2 heterocycles. The van der Waals surface area contributed by atoms with Crippen LogP contribution >= 0.6 is 11.8 Å². The van der Waals surface area contributed by atoms with Crippen LogP contribution in [0.25, 0.3) is 0 Å². The van der Waals surface area contributed by atoms with Crippen molar-refractivity contribution in [3.05, 3.63) is 45.7 Å². The number of fused-ring (bicyclic) bond motifs is 1. The predicted molar refractivity (Wildman–Crippen MR) is 83.0 cm³/mol. The van der Waals surface area contributed by atoms with Crippen LogP contribution in [0.3, 0.4) is 0 Å². The molecule has 0 N–H and O–H groups in total. The first-order valence-electron chi connectivity index (χ1n) is 6.64. The van der Waals surface area contributed by atoms with Crippen LogP contribution in [0.4, 0.5) is 0 Å². The van der Waals surface area contributed by atoms with E-state index in [4.69, 9.17) is 4.18 Å². The molecule has 1 aromatic carbocycles. The smallest absolute Gasteiger partial charge is 0.340 e. The minimum absolute atomic E-state index is 0.0348. The summed E-state index contributed by atoms with van der Waals surface area (Å²) >= 11 is 1.41. The van der Waals surface area contributed by atoms with E-state index in [1.807, 2.05) is 6.92 Å². The fraction of sp³-hybridized carbons (Fsp3) is 0.286. The van der Waals surface area contributed by atoms with Crippen LogP contribution in [0.1, 0.15) is 11.1 Å². The Bertz CT molecular complexity index is 886. The molecule has 6 nitrogen and oxygen atoms in total. The maximum Gasteiger partial charge on any atom is 0.340 e. The molecule has 8 heteroatoms. The molecule has 0 aliphatic carbocycles. The number of nitrogens with zero attached hydrogens (tertiary/aromatic N) is 2. The normalized spacial score (nSPS) is 13.9. The average molecular weight is 338 g/mol. The first-order chi connectivity index (χ1) is 10.4. The number of benzene rings is 1. The molecule has 1 aliphatic heterocycles. The number of aromatic nitrogens is 2. The van der Waals surface area contributed by atoms with Crippen LogP contribution in [0.2, 0.25) is 0 Å². The molecule has 0 spiro atoms. The maximum absolute atomic E-state index is 12.3. The van der Waals surface area contributed by atoms with Gasteiger partial charge in [-0.25, -0.2) is 0 Å². The Morgan fingerprint density at radius 1 is 1.23 bits per heavy atom. The highest BCUT2D eigenvalue weighted by Gasteiger charge is 2.24. The van der Waals surface area contributed by atoms with Gasteiger partial charge in [-0.05, 0) is 26.0 Å². The monoisotopic (exact) mass is 338 g/mol. The number of hydrogen-bond donors (Lipinski definition) is 0. The third-order valence-electron chi connectivity index (χ3n) is 3.36. The minimum Gasteiger partial charge on any atom is -0.358 e. The van der Waals surface area contributed by atoms with Crippen molar-refractivity contribution in [2.75, 3.05) is 5.75 Å². The molecule has 22 heavy (non-hydrogen) atoms. The lowest BCUT2D eigenvalue weighted by Crippen LogP contribution is -2.24. The van der Waals surface area contributed by atoms with Gasteiger partial charge in [0, 0.05) is 12.3 Å². The Balaban J connectivity index is 2.01. The van der Waals surface area contributed by atoms with Gasteiger partial charge in [0.1, 0.15) is 4.90 Å². The molecule has 0 atom stereocenters. The zero-order valence-corrected chi connectivity index (χ0v) is 13.7. The van der Waals surface area contributed by atoms with Gasteiger partial charge in [0.2, 0.25) is 5.88 Å². The van der Waals surface area contributed by atoms with E-state index in [2.05, 4.69) is 4.98 Å². The number of aryl methyl sites for hydroxylation is 1. The summed E-state index contributed by atoms with van der Waals surface area (Å²) < 4.78 is 31.2. The summed E-state index contributed by atoms with van der Waals surface area (Å²) in [7, 11) is -4.01. The van der Waals surface area contributed by atoms with Crippen LogP contribution < -0.4 is 9.74 Å². The van der Waals surface area contributed by atoms with Crippen molar-refractivity contribution in [3.63, 3.8) is 0 Å². The van der Waals surface area contributed by atoms with Gasteiger partial charge in [-0.1, -0.05) is 29.5 Å². The summed E-state index contributed by atoms with van der Waals surface area (Å²) in [6, 6.07) is 6.30. The Morgan fingerprint density at radius 2 is 1.91 bits per heavy atom. The van der Waals surface area contributed by atoms with E-state index >= 15 is 0 Å². The van der Waals surface area contributed by atoms with E-state index in [-0.39, 0.29) is 21.9 Å². The van der Waals surface area contributed by atoms with Crippen LogP contribution in [-0.2, 0) is 16.7 Å². The second-order valence-corrected chi connectivity index (χ2v) is 7.59. The van der Waals surface area contributed by atoms with Gasteiger partial charge in [0.15, 0.2) is 5.16 Å². The molecule has 0 saturated carbocycles. The van der Waals surface area contributed by atoms with Crippen molar-refractivity contribution >= 4 is 21.9 Å². The molecule has 0 amide bonds. The second-order valence-electron chi connectivity index (χ2n) is 4.98. The van der Waals surface area contributed by atoms with E-state index in [1.165, 1.54) is 35.4 Å². The number of rotatable bonds is 3. The molecule has 0 saturated heterocycles. The number of thioether (sulfide) groups is 1. The first-order valence-corrected chi connectivity index (χ1v) is 9.03. The molecule has 116 valence electrons. The van der Waals surface area contributed by atoms with Crippen molar-refractivity contribution in [1.82, 2.24) is 9.55 Å². The summed E-state index contributed by atoms with van der Waals surface area (Å²) in [5.74, 6) is 0.599. The van der Waals surface area contributed by atoms with Gasteiger partial charge in [-0.15, -0.1) is 0 Å². The molecule has 0 bridgehead atoms. The van der Waals surface area contributed by atoms with Gasteiger partial charge in [0.05, 0.1) is 5.56 Å². The average Bonchev–Trinajstić information content (AvgIpc) is 2.93. The summed E-state index contributed by atoms with van der Waals surface area (Å²) in [4.78, 5) is 16.4.